The highest BCUT2D eigenvalue weighted by Gasteiger charge is 2.19. The first-order valence-electron chi connectivity index (χ1n) is 25.4. The molecule has 0 rings (SSSR count). The van der Waals surface area contributed by atoms with Gasteiger partial charge in [-0.05, 0) is 103 Å². The van der Waals surface area contributed by atoms with Gasteiger partial charge in [0.2, 0.25) is 0 Å². The Bertz CT molecular complexity index is 1490. The molecule has 65 heavy (non-hydrogen) atoms. The van der Waals surface area contributed by atoms with Gasteiger partial charge in [-0.15, -0.1) is 0 Å². The van der Waals surface area contributed by atoms with E-state index >= 15 is 0 Å². The molecule has 0 spiro atoms. The molecule has 0 aliphatic carbocycles. The Morgan fingerprint density at radius 1 is 0.338 bits per heavy atom. The molecule has 0 saturated heterocycles. The van der Waals surface area contributed by atoms with E-state index in [-0.39, 0.29) is 44.0 Å². The van der Waals surface area contributed by atoms with Gasteiger partial charge in [0.25, 0.3) is 0 Å². The Morgan fingerprint density at radius 3 is 1.22 bits per heavy atom. The second-order valence-electron chi connectivity index (χ2n) is 16.1. The number of hydrogen-bond donors (Lipinski definition) is 0. The molecule has 0 aromatic rings. The van der Waals surface area contributed by atoms with Crippen molar-refractivity contribution in [1.29, 1.82) is 0 Å². The molecular formula is C59H90O6. The van der Waals surface area contributed by atoms with E-state index in [1.54, 1.807) is 0 Å². The van der Waals surface area contributed by atoms with Gasteiger partial charge in [-0.2, -0.15) is 0 Å². The Kier molecular flexibility index (Phi) is 48.2. The third-order valence-corrected chi connectivity index (χ3v) is 9.95. The molecular weight excluding hydrogens is 805 g/mol. The van der Waals surface area contributed by atoms with Crippen LogP contribution in [0.3, 0.4) is 0 Å². The number of carbonyl (C=O) groups excluding carboxylic acids is 3. The van der Waals surface area contributed by atoms with Gasteiger partial charge >= 0.3 is 17.9 Å². The summed E-state index contributed by atoms with van der Waals surface area (Å²) in [7, 11) is 0. The van der Waals surface area contributed by atoms with E-state index in [9.17, 15) is 14.4 Å². The maximum Gasteiger partial charge on any atom is 0.306 e. The third kappa shape index (κ3) is 50.2. The van der Waals surface area contributed by atoms with Gasteiger partial charge < -0.3 is 14.2 Å². The van der Waals surface area contributed by atoms with Crippen molar-refractivity contribution in [3.05, 3.63) is 146 Å². The van der Waals surface area contributed by atoms with E-state index < -0.39 is 6.10 Å². The van der Waals surface area contributed by atoms with E-state index in [1.165, 1.54) is 38.5 Å². The Balaban J connectivity index is 4.63. The van der Waals surface area contributed by atoms with Crippen LogP contribution in [0.15, 0.2) is 146 Å². The summed E-state index contributed by atoms with van der Waals surface area (Å²) in [6.07, 6.45) is 74.1. The van der Waals surface area contributed by atoms with Crippen molar-refractivity contribution in [1.82, 2.24) is 0 Å². The van der Waals surface area contributed by atoms with Crippen LogP contribution >= 0.6 is 0 Å². The smallest absolute Gasteiger partial charge is 0.306 e. The van der Waals surface area contributed by atoms with Gasteiger partial charge in [0.05, 0.1) is 0 Å². The standard InChI is InChI=1S/C59H90O6/c1-4-7-10-13-16-19-22-25-27-28-29-30-32-34-37-40-43-46-49-52-58(61)64-55-56(54-63-57(60)51-48-45-42-39-36-33-24-21-18-15-12-9-6-3)65-59(62)53-50-47-44-41-38-35-31-26-23-20-17-14-11-8-5-2/h7-8,10-11,14,16-17,19-20,23,25-27,29-31,33-38,43,46,56H,4-6,9,12-13,15,18,21-22,24,28,32,39-42,44-45,47-55H2,1-3H3/b10-7-,11-8-,17-14-,19-16-,23-20-,27-25-,30-29-,31-26-,36-33-,37-34-,38-35-,46-43-. The van der Waals surface area contributed by atoms with Crippen molar-refractivity contribution in [3.8, 4) is 0 Å². The maximum absolute atomic E-state index is 12.8. The zero-order valence-electron chi connectivity index (χ0n) is 41.2. The lowest BCUT2D eigenvalue weighted by Gasteiger charge is -2.18. The Hall–Kier alpha value is -4.71. The average Bonchev–Trinajstić information content (AvgIpc) is 3.30. The molecule has 1 unspecified atom stereocenters. The molecule has 0 N–H and O–H groups in total. The zero-order valence-corrected chi connectivity index (χ0v) is 41.2. The van der Waals surface area contributed by atoms with Gasteiger partial charge in [0, 0.05) is 19.3 Å². The summed E-state index contributed by atoms with van der Waals surface area (Å²) in [5, 5.41) is 0. The Labute approximate surface area is 397 Å². The minimum absolute atomic E-state index is 0.133. The second kappa shape index (κ2) is 51.9. The van der Waals surface area contributed by atoms with Crippen molar-refractivity contribution < 1.29 is 28.6 Å². The summed E-state index contributed by atoms with van der Waals surface area (Å²) in [4.78, 5) is 37.9. The fraction of sp³-hybridized carbons (Fsp3) is 0.542. The second-order valence-corrected chi connectivity index (χ2v) is 16.1. The number of hydrogen-bond acceptors (Lipinski definition) is 6. The molecule has 0 aliphatic heterocycles. The zero-order chi connectivity index (χ0) is 47.2. The van der Waals surface area contributed by atoms with Crippen LogP contribution in [0.4, 0.5) is 0 Å². The summed E-state index contributed by atoms with van der Waals surface area (Å²) in [6.45, 7) is 6.23. The molecule has 0 aromatic heterocycles. The van der Waals surface area contributed by atoms with Crippen LogP contribution in [0.5, 0.6) is 0 Å². The van der Waals surface area contributed by atoms with Crippen molar-refractivity contribution >= 4 is 17.9 Å². The molecule has 1 atom stereocenters. The number of unbranched alkanes of at least 4 members (excludes halogenated alkanes) is 12. The quantitative estimate of drug-likeness (QED) is 0.0199. The Morgan fingerprint density at radius 2 is 0.708 bits per heavy atom. The first-order valence-corrected chi connectivity index (χ1v) is 25.4. The summed E-state index contributed by atoms with van der Waals surface area (Å²) in [6, 6.07) is 0. The van der Waals surface area contributed by atoms with E-state index in [1.807, 2.05) is 60.8 Å². The molecule has 0 radical (unpaired) electrons. The van der Waals surface area contributed by atoms with Gasteiger partial charge in [-0.1, -0.05) is 212 Å². The lowest BCUT2D eigenvalue weighted by molar-refractivity contribution is -0.166. The van der Waals surface area contributed by atoms with Crippen molar-refractivity contribution in [2.75, 3.05) is 13.2 Å². The van der Waals surface area contributed by atoms with Gasteiger partial charge in [-0.25, -0.2) is 0 Å². The summed E-state index contributed by atoms with van der Waals surface area (Å²) in [5.74, 6) is -1.09. The molecule has 6 heteroatoms. The van der Waals surface area contributed by atoms with Crippen molar-refractivity contribution in [2.24, 2.45) is 0 Å². The predicted molar refractivity (Wildman–Crippen MR) is 279 cm³/mol. The molecule has 0 fully saturated rings. The van der Waals surface area contributed by atoms with E-state index in [2.05, 4.69) is 106 Å². The van der Waals surface area contributed by atoms with Crippen LogP contribution in [-0.4, -0.2) is 37.2 Å². The normalized spacial score (nSPS) is 13.3. The van der Waals surface area contributed by atoms with Crippen LogP contribution in [0, 0.1) is 0 Å². The molecule has 0 aliphatic rings. The topological polar surface area (TPSA) is 78.9 Å². The largest absolute Gasteiger partial charge is 0.462 e. The number of carbonyl (C=O) groups is 3. The van der Waals surface area contributed by atoms with Crippen molar-refractivity contribution in [2.45, 2.75) is 194 Å². The molecule has 6 nitrogen and oxygen atoms in total. The SMILES string of the molecule is CC\C=C/C=C\C=C/C=C\C=C/CCCCCC(=O)OC(COC(=O)CC/C=C\C/C=C\C/C=C\C/C=C\C/C=C\C/C=C\CC)COC(=O)CCCCC/C=C\CCCCCCCC. The highest BCUT2D eigenvalue weighted by Crippen LogP contribution is 2.11. The minimum atomic E-state index is -0.842. The van der Waals surface area contributed by atoms with Gasteiger partial charge in [0.1, 0.15) is 13.2 Å². The lowest BCUT2D eigenvalue weighted by Crippen LogP contribution is -2.30. The molecule has 0 amide bonds. The van der Waals surface area contributed by atoms with Crippen molar-refractivity contribution in [3.63, 3.8) is 0 Å². The summed E-state index contributed by atoms with van der Waals surface area (Å²) >= 11 is 0. The van der Waals surface area contributed by atoms with Gasteiger partial charge in [-0.3, -0.25) is 14.4 Å². The maximum atomic E-state index is 12.8. The monoisotopic (exact) mass is 895 g/mol. The fourth-order valence-electron chi connectivity index (χ4n) is 6.19. The molecule has 0 aromatic carbocycles. The molecule has 0 bridgehead atoms. The van der Waals surface area contributed by atoms with Crippen LogP contribution in [0.25, 0.3) is 0 Å². The summed E-state index contributed by atoms with van der Waals surface area (Å²) in [5.41, 5.74) is 0. The third-order valence-electron chi connectivity index (χ3n) is 9.95. The first kappa shape index (κ1) is 60.3. The first-order chi connectivity index (χ1) is 32.0. The van der Waals surface area contributed by atoms with E-state index in [0.29, 0.717) is 19.3 Å². The summed E-state index contributed by atoms with van der Waals surface area (Å²) < 4.78 is 16.7. The highest BCUT2D eigenvalue weighted by molar-refractivity contribution is 5.71. The van der Waals surface area contributed by atoms with Gasteiger partial charge in [0.15, 0.2) is 6.10 Å². The highest BCUT2D eigenvalue weighted by atomic mass is 16.6. The fourth-order valence-corrected chi connectivity index (χ4v) is 6.19. The average molecular weight is 895 g/mol. The minimum Gasteiger partial charge on any atom is -0.462 e. The van der Waals surface area contributed by atoms with Crippen LogP contribution in [-0.2, 0) is 28.6 Å². The number of esters is 3. The number of rotatable bonds is 43. The predicted octanol–water partition coefficient (Wildman–Crippen LogP) is 16.9. The van der Waals surface area contributed by atoms with E-state index in [0.717, 1.165) is 96.3 Å². The van der Waals surface area contributed by atoms with Crippen LogP contribution in [0.2, 0.25) is 0 Å². The molecule has 362 valence electrons. The molecule has 0 heterocycles. The van der Waals surface area contributed by atoms with Crippen LogP contribution < -0.4 is 0 Å². The lowest BCUT2D eigenvalue weighted by atomic mass is 10.1. The van der Waals surface area contributed by atoms with E-state index in [4.69, 9.17) is 14.2 Å². The van der Waals surface area contributed by atoms with Crippen LogP contribution in [0.1, 0.15) is 188 Å². The number of ether oxygens (including phenoxy) is 3. The number of allylic oxidation sites excluding steroid dienone is 24. The molecule has 0 saturated carbocycles.